The van der Waals surface area contributed by atoms with Gasteiger partial charge in [0.2, 0.25) is 0 Å². The zero-order valence-electron chi connectivity index (χ0n) is 12.1. The molecule has 0 aromatic carbocycles. The van der Waals surface area contributed by atoms with Crippen LogP contribution in [0.3, 0.4) is 0 Å². The summed E-state index contributed by atoms with van der Waals surface area (Å²) in [5.41, 5.74) is 0.465. The van der Waals surface area contributed by atoms with Gasteiger partial charge in [-0.25, -0.2) is 0 Å². The average Bonchev–Trinajstić information content (AvgIpc) is 2.91. The molecule has 0 spiro atoms. The van der Waals surface area contributed by atoms with Crippen LogP contribution in [0.5, 0.6) is 0 Å². The largest absolute Gasteiger partial charge is 0.379 e. The maximum Gasteiger partial charge on any atom is 0.0620 e. The fourth-order valence-electron chi connectivity index (χ4n) is 3.34. The van der Waals surface area contributed by atoms with Crippen LogP contribution in [0.2, 0.25) is 0 Å². The predicted molar refractivity (Wildman–Crippen MR) is 75.8 cm³/mol. The third kappa shape index (κ3) is 4.22. The van der Waals surface area contributed by atoms with Gasteiger partial charge >= 0.3 is 0 Å². The van der Waals surface area contributed by atoms with E-state index in [1.165, 1.54) is 32.1 Å². The number of nitrogens with one attached hydrogen (secondary N) is 2. The van der Waals surface area contributed by atoms with Crippen LogP contribution in [0.1, 0.15) is 46.0 Å². The summed E-state index contributed by atoms with van der Waals surface area (Å²) in [5.74, 6) is 0.932. The van der Waals surface area contributed by atoms with Crippen molar-refractivity contribution in [3.8, 4) is 0 Å². The number of hydrogen-bond donors (Lipinski definition) is 2. The molecule has 0 aromatic heterocycles. The molecule has 0 radical (unpaired) electrons. The molecule has 1 heterocycles. The van der Waals surface area contributed by atoms with Crippen LogP contribution in [0, 0.1) is 11.3 Å². The minimum Gasteiger partial charge on any atom is -0.379 e. The molecule has 2 aliphatic rings. The lowest BCUT2D eigenvalue weighted by molar-refractivity contribution is 0.0738. The molecule has 1 unspecified atom stereocenters. The zero-order valence-corrected chi connectivity index (χ0v) is 12.1. The van der Waals surface area contributed by atoms with Crippen LogP contribution in [0.25, 0.3) is 0 Å². The van der Waals surface area contributed by atoms with Gasteiger partial charge in [-0.3, -0.25) is 0 Å². The Balaban J connectivity index is 1.58. The van der Waals surface area contributed by atoms with Gasteiger partial charge in [-0.2, -0.15) is 0 Å². The monoisotopic (exact) mass is 254 g/mol. The van der Waals surface area contributed by atoms with Crippen molar-refractivity contribution < 1.29 is 4.74 Å². The molecule has 3 heteroatoms. The number of ether oxygens (including phenoxy) is 1. The highest BCUT2D eigenvalue weighted by Crippen LogP contribution is 2.38. The maximum absolute atomic E-state index is 5.47. The van der Waals surface area contributed by atoms with E-state index >= 15 is 0 Å². The Hall–Kier alpha value is -0.120. The third-order valence-electron chi connectivity index (χ3n) is 4.71. The van der Waals surface area contributed by atoms with Gasteiger partial charge in [-0.15, -0.1) is 0 Å². The lowest BCUT2D eigenvalue weighted by Crippen LogP contribution is -2.43. The van der Waals surface area contributed by atoms with Gasteiger partial charge < -0.3 is 15.4 Å². The average molecular weight is 254 g/mol. The van der Waals surface area contributed by atoms with Crippen LogP contribution >= 0.6 is 0 Å². The topological polar surface area (TPSA) is 33.3 Å². The first-order valence-electron chi connectivity index (χ1n) is 7.70. The zero-order chi connectivity index (χ0) is 12.8. The molecule has 1 atom stereocenters. The molecule has 1 saturated heterocycles. The van der Waals surface area contributed by atoms with Crippen molar-refractivity contribution in [3.05, 3.63) is 0 Å². The standard InChI is InChI=1S/C15H30N2O/c1-15(2,13-5-3-4-6-13)12-16-8-7-14-11-18-10-9-17-14/h13-14,16-17H,3-12H2,1-2H3. The second-order valence-electron chi connectivity index (χ2n) is 6.66. The summed E-state index contributed by atoms with van der Waals surface area (Å²) in [6.45, 7) is 9.89. The molecule has 0 amide bonds. The lowest BCUT2D eigenvalue weighted by Gasteiger charge is -2.32. The molecule has 1 aliphatic carbocycles. The summed E-state index contributed by atoms with van der Waals surface area (Å²) in [6.07, 6.45) is 6.94. The number of morpholine rings is 1. The summed E-state index contributed by atoms with van der Waals surface area (Å²) in [7, 11) is 0. The predicted octanol–water partition coefficient (Wildman–Crippen LogP) is 2.17. The summed E-state index contributed by atoms with van der Waals surface area (Å²) < 4.78 is 5.47. The summed E-state index contributed by atoms with van der Waals surface area (Å²) in [6, 6.07) is 0.556. The molecule has 0 aromatic rings. The van der Waals surface area contributed by atoms with E-state index in [4.69, 9.17) is 4.74 Å². The highest BCUT2D eigenvalue weighted by molar-refractivity contribution is 4.84. The van der Waals surface area contributed by atoms with E-state index in [0.29, 0.717) is 11.5 Å². The van der Waals surface area contributed by atoms with Gasteiger partial charge in [-0.05, 0) is 37.1 Å². The second kappa shape index (κ2) is 6.88. The molecule has 0 bridgehead atoms. The number of rotatable bonds is 6. The van der Waals surface area contributed by atoms with Gasteiger partial charge in [0, 0.05) is 19.1 Å². The second-order valence-corrected chi connectivity index (χ2v) is 6.66. The molecule has 2 fully saturated rings. The van der Waals surface area contributed by atoms with Crippen LogP contribution in [0.15, 0.2) is 0 Å². The molecule has 1 aliphatic heterocycles. The van der Waals surface area contributed by atoms with E-state index in [1.807, 2.05) is 0 Å². The molecular formula is C15H30N2O. The lowest BCUT2D eigenvalue weighted by atomic mass is 9.78. The SMILES string of the molecule is CC(C)(CNCCC1COCCN1)C1CCCC1. The van der Waals surface area contributed by atoms with Crippen molar-refractivity contribution >= 4 is 0 Å². The van der Waals surface area contributed by atoms with Crippen LogP contribution in [-0.2, 0) is 4.74 Å². The first-order valence-corrected chi connectivity index (χ1v) is 7.70. The quantitative estimate of drug-likeness (QED) is 0.713. The maximum atomic E-state index is 5.47. The van der Waals surface area contributed by atoms with Gasteiger partial charge in [0.05, 0.1) is 13.2 Å². The minimum absolute atomic E-state index is 0.465. The Morgan fingerprint density at radius 1 is 1.28 bits per heavy atom. The molecule has 18 heavy (non-hydrogen) atoms. The Kier molecular flexibility index (Phi) is 5.46. The fourth-order valence-corrected chi connectivity index (χ4v) is 3.34. The van der Waals surface area contributed by atoms with Crippen LogP contribution in [0.4, 0.5) is 0 Å². The van der Waals surface area contributed by atoms with Gasteiger partial charge in [0.1, 0.15) is 0 Å². The number of hydrogen-bond acceptors (Lipinski definition) is 3. The Labute approximate surface area is 112 Å². The Morgan fingerprint density at radius 3 is 2.72 bits per heavy atom. The van der Waals surface area contributed by atoms with E-state index < -0.39 is 0 Å². The summed E-state index contributed by atoms with van der Waals surface area (Å²) in [5, 5.41) is 7.16. The molecular weight excluding hydrogens is 224 g/mol. The smallest absolute Gasteiger partial charge is 0.0620 e. The van der Waals surface area contributed by atoms with Gasteiger partial charge in [0.25, 0.3) is 0 Å². The van der Waals surface area contributed by atoms with Crippen molar-refractivity contribution in [3.63, 3.8) is 0 Å². The molecule has 2 rings (SSSR count). The molecule has 3 nitrogen and oxygen atoms in total. The van der Waals surface area contributed by atoms with Crippen molar-refractivity contribution in [2.45, 2.75) is 52.0 Å². The first kappa shape index (κ1) is 14.3. The van der Waals surface area contributed by atoms with Crippen LogP contribution in [-0.4, -0.2) is 38.9 Å². The first-order chi connectivity index (χ1) is 8.68. The highest BCUT2D eigenvalue weighted by atomic mass is 16.5. The Morgan fingerprint density at radius 2 is 2.06 bits per heavy atom. The van der Waals surface area contributed by atoms with Crippen molar-refractivity contribution in [1.29, 1.82) is 0 Å². The molecule has 2 N–H and O–H groups in total. The van der Waals surface area contributed by atoms with Gasteiger partial charge in [-0.1, -0.05) is 26.7 Å². The van der Waals surface area contributed by atoms with E-state index in [2.05, 4.69) is 24.5 Å². The fraction of sp³-hybridized carbons (Fsp3) is 1.00. The van der Waals surface area contributed by atoms with Gasteiger partial charge in [0.15, 0.2) is 0 Å². The summed E-state index contributed by atoms with van der Waals surface area (Å²) >= 11 is 0. The van der Waals surface area contributed by atoms with E-state index in [-0.39, 0.29) is 0 Å². The molecule has 106 valence electrons. The van der Waals surface area contributed by atoms with E-state index in [0.717, 1.165) is 38.8 Å². The van der Waals surface area contributed by atoms with Crippen LogP contribution < -0.4 is 10.6 Å². The summed E-state index contributed by atoms with van der Waals surface area (Å²) in [4.78, 5) is 0. The molecule has 1 saturated carbocycles. The van der Waals surface area contributed by atoms with E-state index in [9.17, 15) is 0 Å². The van der Waals surface area contributed by atoms with Crippen molar-refractivity contribution in [2.24, 2.45) is 11.3 Å². The van der Waals surface area contributed by atoms with E-state index in [1.54, 1.807) is 0 Å². The normalized spacial score (nSPS) is 26.7. The van der Waals surface area contributed by atoms with Crippen molar-refractivity contribution in [2.75, 3.05) is 32.8 Å². The third-order valence-corrected chi connectivity index (χ3v) is 4.71. The highest BCUT2D eigenvalue weighted by Gasteiger charge is 2.31. The Bertz CT molecular complexity index is 231. The minimum atomic E-state index is 0.465. The van der Waals surface area contributed by atoms with Crippen molar-refractivity contribution in [1.82, 2.24) is 10.6 Å².